The topological polar surface area (TPSA) is 26.0 Å². The van der Waals surface area contributed by atoms with Crippen molar-refractivity contribution in [3.05, 3.63) is 35.4 Å². The minimum absolute atomic E-state index is 0.505. The highest BCUT2D eigenvalue weighted by Crippen LogP contribution is 2.21. The molecule has 13 heavy (non-hydrogen) atoms. The summed E-state index contributed by atoms with van der Waals surface area (Å²) in [5.41, 5.74) is 4.45. The van der Waals surface area contributed by atoms with Crippen LogP contribution in [0.15, 0.2) is 18.2 Å². The van der Waals surface area contributed by atoms with Crippen LogP contribution in [0, 0.1) is 11.6 Å². The van der Waals surface area contributed by atoms with E-state index in [0.29, 0.717) is 6.07 Å². The summed E-state index contributed by atoms with van der Waals surface area (Å²) in [6.45, 7) is 0. The van der Waals surface area contributed by atoms with Crippen LogP contribution in [0.3, 0.4) is 0 Å². The molecular weight excluding hydrogens is 186 g/mol. The fourth-order valence-electron chi connectivity index (χ4n) is 0.906. The summed E-state index contributed by atoms with van der Waals surface area (Å²) in [5.74, 6) is -1.71. The Labute approximate surface area is 72.2 Å². The molecule has 2 N–H and O–H groups in total. The first-order valence-corrected chi connectivity index (χ1v) is 3.51. The van der Waals surface area contributed by atoms with Crippen LogP contribution in [0.5, 0.6) is 0 Å². The van der Waals surface area contributed by atoms with Crippen LogP contribution < -0.4 is 5.73 Å². The van der Waals surface area contributed by atoms with Crippen molar-refractivity contribution in [2.75, 3.05) is 0 Å². The van der Waals surface area contributed by atoms with E-state index in [-0.39, 0.29) is 0 Å². The maximum absolute atomic E-state index is 12.8. The van der Waals surface area contributed by atoms with Crippen molar-refractivity contribution in [2.24, 2.45) is 5.73 Å². The van der Waals surface area contributed by atoms with Crippen LogP contribution in [-0.2, 0) is 0 Å². The van der Waals surface area contributed by atoms with E-state index in [1.54, 1.807) is 0 Å². The number of benzene rings is 1. The Balaban J connectivity index is 3.05. The average molecular weight is 193 g/mol. The molecule has 0 heterocycles. The Morgan fingerprint density at radius 1 is 1.15 bits per heavy atom. The molecule has 5 heteroatoms. The molecule has 0 aromatic heterocycles. The van der Waals surface area contributed by atoms with Gasteiger partial charge in [0.15, 0.2) is 0 Å². The van der Waals surface area contributed by atoms with E-state index in [9.17, 15) is 17.6 Å². The third-order valence-corrected chi connectivity index (χ3v) is 1.59. The van der Waals surface area contributed by atoms with Gasteiger partial charge in [0.05, 0.1) is 6.04 Å². The predicted octanol–water partition coefficient (Wildman–Crippen LogP) is 2.23. The average Bonchev–Trinajstić information content (AvgIpc) is 2.08. The molecule has 0 aliphatic rings. The third-order valence-electron chi connectivity index (χ3n) is 1.59. The first-order valence-electron chi connectivity index (χ1n) is 3.51. The van der Waals surface area contributed by atoms with Gasteiger partial charge in [-0.05, 0) is 18.2 Å². The van der Waals surface area contributed by atoms with E-state index in [4.69, 9.17) is 5.73 Å². The molecule has 1 aromatic rings. The lowest BCUT2D eigenvalue weighted by molar-refractivity contribution is 0.114. The van der Waals surface area contributed by atoms with E-state index in [2.05, 4.69) is 0 Å². The van der Waals surface area contributed by atoms with E-state index in [0.717, 1.165) is 12.1 Å². The second kappa shape index (κ2) is 3.74. The highest BCUT2D eigenvalue weighted by molar-refractivity contribution is 5.22. The minimum Gasteiger partial charge on any atom is -0.319 e. The van der Waals surface area contributed by atoms with Crippen LogP contribution in [-0.4, -0.2) is 6.43 Å². The second-order valence-electron chi connectivity index (χ2n) is 2.53. The molecule has 0 radical (unpaired) electrons. The molecule has 0 amide bonds. The predicted molar refractivity (Wildman–Crippen MR) is 39.3 cm³/mol. The smallest absolute Gasteiger partial charge is 0.257 e. The molecule has 0 aliphatic heterocycles. The largest absolute Gasteiger partial charge is 0.319 e. The maximum Gasteiger partial charge on any atom is 0.257 e. The molecule has 0 unspecified atom stereocenters. The van der Waals surface area contributed by atoms with Crippen LogP contribution in [0.25, 0.3) is 0 Å². The van der Waals surface area contributed by atoms with Crippen LogP contribution in [0.4, 0.5) is 17.6 Å². The highest BCUT2D eigenvalue weighted by Gasteiger charge is 2.21. The number of alkyl halides is 2. The van der Waals surface area contributed by atoms with Gasteiger partial charge in [-0.15, -0.1) is 0 Å². The molecule has 0 fully saturated rings. The Morgan fingerprint density at radius 3 is 2.31 bits per heavy atom. The summed E-state index contributed by atoms with van der Waals surface area (Å²) < 4.78 is 49.3. The Bertz CT molecular complexity index is 300. The SMILES string of the molecule is N[C@@H](c1cc(F)ccc1F)C(F)F. The number of halogens is 4. The molecule has 1 atom stereocenters. The van der Waals surface area contributed by atoms with E-state index in [1.165, 1.54) is 0 Å². The van der Waals surface area contributed by atoms with Crippen LogP contribution in [0.2, 0.25) is 0 Å². The molecule has 1 aromatic carbocycles. The third kappa shape index (κ3) is 2.18. The first-order chi connectivity index (χ1) is 6.02. The van der Waals surface area contributed by atoms with Gasteiger partial charge in [0.2, 0.25) is 0 Å². The lowest BCUT2D eigenvalue weighted by Gasteiger charge is -2.11. The normalized spacial score (nSPS) is 13.4. The zero-order chi connectivity index (χ0) is 10.0. The summed E-state index contributed by atoms with van der Waals surface area (Å²) in [6, 6.07) is 0.506. The van der Waals surface area contributed by atoms with Gasteiger partial charge in [-0.3, -0.25) is 0 Å². The summed E-state index contributed by atoms with van der Waals surface area (Å²) >= 11 is 0. The molecule has 0 bridgehead atoms. The summed E-state index contributed by atoms with van der Waals surface area (Å²) in [6.07, 6.45) is -2.91. The van der Waals surface area contributed by atoms with Gasteiger partial charge < -0.3 is 5.73 Å². The van der Waals surface area contributed by atoms with Gasteiger partial charge in [-0.1, -0.05) is 0 Å². The molecule has 0 saturated carbocycles. The molecule has 72 valence electrons. The second-order valence-corrected chi connectivity index (χ2v) is 2.53. The fourth-order valence-corrected chi connectivity index (χ4v) is 0.906. The first kappa shape index (κ1) is 9.98. The lowest BCUT2D eigenvalue weighted by atomic mass is 10.1. The monoisotopic (exact) mass is 193 g/mol. The van der Waals surface area contributed by atoms with Crippen molar-refractivity contribution >= 4 is 0 Å². The van der Waals surface area contributed by atoms with E-state index >= 15 is 0 Å². The Hall–Kier alpha value is -1.10. The van der Waals surface area contributed by atoms with Gasteiger partial charge >= 0.3 is 0 Å². The van der Waals surface area contributed by atoms with Crippen LogP contribution in [0.1, 0.15) is 11.6 Å². The molecule has 0 aliphatic carbocycles. The summed E-state index contributed by atoms with van der Waals surface area (Å²) in [7, 11) is 0. The number of hydrogen-bond donors (Lipinski definition) is 1. The van der Waals surface area contributed by atoms with Gasteiger partial charge in [0.25, 0.3) is 6.43 Å². The van der Waals surface area contributed by atoms with E-state index < -0.39 is 29.7 Å². The standard InChI is InChI=1S/C8H7F4N/c9-4-1-2-6(10)5(3-4)7(13)8(11)12/h1-3,7-8H,13H2/t7-/m0/s1. The summed E-state index contributed by atoms with van der Waals surface area (Å²) in [5, 5.41) is 0. The lowest BCUT2D eigenvalue weighted by Crippen LogP contribution is -2.20. The molecule has 1 rings (SSSR count). The van der Waals surface area contributed by atoms with Crippen molar-refractivity contribution in [3.63, 3.8) is 0 Å². The number of hydrogen-bond acceptors (Lipinski definition) is 1. The van der Waals surface area contributed by atoms with E-state index in [1.807, 2.05) is 0 Å². The summed E-state index contributed by atoms with van der Waals surface area (Å²) in [4.78, 5) is 0. The van der Waals surface area contributed by atoms with Gasteiger partial charge in [0, 0.05) is 5.56 Å². The van der Waals surface area contributed by atoms with Crippen LogP contribution >= 0.6 is 0 Å². The van der Waals surface area contributed by atoms with Crippen molar-refractivity contribution in [3.8, 4) is 0 Å². The Kier molecular flexibility index (Phi) is 2.87. The zero-order valence-electron chi connectivity index (χ0n) is 6.48. The number of nitrogens with two attached hydrogens (primary N) is 1. The minimum atomic E-state index is -2.91. The molecule has 1 nitrogen and oxygen atoms in total. The van der Waals surface area contributed by atoms with Crippen molar-refractivity contribution < 1.29 is 17.6 Å². The highest BCUT2D eigenvalue weighted by atomic mass is 19.3. The van der Waals surface area contributed by atoms with Crippen molar-refractivity contribution in [1.29, 1.82) is 0 Å². The molecular formula is C8H7F4N. The Morgan fingerprint density at radius 2 is 1.77 bits per heavy atom. The quantitative estimate of drug-likeness (QED) is 0.716. The fraction of sp³-hybridized carbons (Fsp3) is 0.250. The van der Waals surface area contributed by atoms with Crippen molar-refractivity contribution in [1.82, 2.24) is 0 Å². The van der Waals surface area contributed by atoms with Crippen molar-refractivity contribution in [2.45, 2.75) is 12.5 Å². The van der Waals surface area contributed by atoms with Gasteiger partial charge in [-0.2, -0.15) is 0 Å². The van der Waals surface area contributed by atoms with Gasteiger partial charge in [0.1, 0.15) is 11.6 Å². The zero-order valence-corrected chi connectivity index (χ0v) is 6.48. The maximum atomic E-state index is 12.8. The molecule has 0 saturated heterocycles. The molecule has 0 spiro atoms. The van der Waals surface area contributed by atoms with Gasteiger partial charge in [-0.25, -0.2) is 17.6 Å². The number of rotatable bonds is 2.